The molecular formula is C13H15ClN2O4. The maximum Gasteiger partial charge on any atom is 0.336 e. The first-order chi connectivity index (χ1) is 9.60. The Morgan fingerprint density at radius 3 is 3.00 bits per heavy atom. The minimum absolute atomic E-state index is 0.166. The van der Waals surface area contributed by atoms with Crippen molar-refractivity contribution in [1.82, 2.24) is 4.90 Å². The Kier molecular flexibility index (Phi) is 4.81. The van der Waals surface area contributed by atoms with Gasteiger partial charge in [-0.05, 0) is 18.2 Å². The Morgan fingerprint density at radius 2 is 2.30 bits per heavy atom. The van der Waals surface area contributed by atoms with Gasteiger partial charge in [-0.1, -0.05) is 17.7 Å². The van der Waals surface area contributed by atoms with Crippen LogP contribution in [0.1, 0.15) is 0 Å². The number of halogens is 1. The highest BCUT2D eigenvalue weighted by Crippen LogP contribution is 2.16. The second-order valence-corrected chi connectivity index (χ2v) is 4.71. The van der Waals surface area contributed by atoms with Gasteiger partial charge < -0.3 is 19.7 Å². The van der Waals surface area contributed by atoms with Crippen LogP contribution in [0.4, 0.5) is 10.5 Å². The number of morpholine rings is 1. The number of hydrogen-bond donors (Lipinski definition) is 1. The Labute approximate surface area is 121 Å². The summed E-state index contributed by atoms with van der Waals surface area (Å²) in [5.74, 6) is -0.481. The third-order valence-corrected chi connectivity index (χ3v) is 3.13. The van der Waals surface area contributed by atoms with Gasteiger partial charge in [0.25, 0.3) is 0 Å². The molecule has 108 valence electrons. The van der Waals surface area contributed by atoms with Crippen LogP contribution in [-0.2, 0) is 14.3 Å². The first kappa shape index (κ1) is 14.6. The van der Waals surface area contributed by atoms with Crippen LogP contribution in [-0.4, -0.2) is 49.8 Å². The van der Waals surface area contributed by atoms with E-state index in [2.05, 4.69) is 10.1 Å². The van der Waals surface area contributed by atoms with E-state index in [9.17, 15) is 9.59 Å². The van der Waals surface area contributed by atoms with Gasteiger partial charge in [-0.3, -0.25) is 0 Å². The lowest BCUT2D eigenvalue weighted by molar-refractivity contribution is -0.158. The average Bonchev–Trinajstić information content (AvgIpc) is 2.46. The highest BCUT2D eigenvalue weighted by Gasteiger charge is 2.29. The molecule has 1 atom stereocenters. The Hall–Kier alpha value is -1.79. The lowest BCUT2D eigenvalue weighted by atomic mass is 10.3. The number of esters is 1. The van der Waals surface area contributed by atoms with Crippen molar-refractivity contribution in [1.29, 1.82) is 0 Å². The quantitative estimate of drug-likeness (QED) is 0.845. The van der Waals surface area contributed by atoms with Gasteiger partial charge >= 0.3 is 12.0 Å². The Balaban J connectivity index is 1.97. The van der Waals surface area contributed by atoms with E-state index in [1.165, 1.54) is 12.0 Å². The molecule has 1 aliphatic heterocycles. The SMILES string of the molecule is COC(=O)C1CN(C(=O)Nc2cccc(Cl)c2)CCO1. The molecule has 0 bridgehead atoms. The van der Waals surface area contributed by atoms with Gasteiger partial charge in [-0.2, -0.15) is 0 Å². The molecule has 0 aliphatic carbocycles. The van der Waals surface area contributed by atoms with E-state index in [1.54, 1.807) is 24.3 Å². The van der Waals surface area contributed by atoms with Crippen molar-refractivity contribution in [3.05, 3.63) is 29.3 Å². The van der Waals surface area contributed by atoms with E-state index >= 15 is 0 Å². The number of urea groups is 1. The smallest absolute Gasteiger partial charge is 0.336 e. The van der Waals surface area contributed by atoms with E-state index in [1.807, 2.05) is 0 Å². The minimum Gasteiger partial charge on any atom is -0.467 e. The molecule has 1 unspecified atom stereocenters. The summed E-state index contributed by atoms with van der Waals surface area (Å²) in [6.45, 7) is 0.877. The van der Waals surface area contributed by atoms with Gasteiger partial charge in [-0.25, -0.2) is 9.59 Å². The lowest BCUT2D eigenvalue weighted by Crippen LogP contribution is -2.50. The Morgan fingerprint density at radius 1 is 1.50 bits per heavy atom. The molecule has 0 spiro atoms. The van der Waals surface area contributed by atoms with Crippen molar-refractivity contribution in [2.75, 3.05) is 32.1 Å². The standard InChI is InChI=1S/C13H15ClN2O4/c1-19-12(17)11-8-16(5-6-20-11)13(18)15-10-4-2-3-9(14)7-10/h2-4,7,11H,5-6,8H2,1H3,(H,15,18). The third kappa shape index (κ3) is 3.61. The van der Waals surface area contributed by atoms with Crippen molar-refractivity contribution in [2.45, 2.75) is 6.10 Å². The summed E-state index contributed by atoms with van der Waals surface area (Å²) in [6.07, 6.45) is -0.737. The number of rotatable bonds is 2. The van der Waals surface area contributed by atoms with E-state index in [0.717, 1.165) is 0 Å². The summed E-state index contributed by atoms with van der Waals surface area (Å²) in [5.41, 5.74) is 0.601. The number of carbonyl (C=O) groups is 2. The second-order valence-electron chi connectivity index (χ2n) is 4.27. The number of ether oxygens (including phenoxy) is 2. The molecule has 1 aromatic carbocycles. The van der Waals surface area contributed by atoms with Gasteiger partial charge in [0, 0.05) is 17.3 Å². The predicted octanol–water partition coefficient (Wildman–Crippen LogP) is 1.75. The van der Waals surface area contributed by atoms with E-state index in [0.29, 0.717) is 23.9 Å². The number of anilines is 1. The summed E-state index contributed by atoms with van der Waals surface area (Å²) in [4.78, 5) is 25.0. The van der Waals surface area contributed by atoms with Crippen LogP contribution in [0.2, 0.25) is 5.02 Å². The largest absolute Gasteiger partial charge is 0.467 e. The number of amides is 2. The number of benzene rings is 1. The van der Waals surface area contributed by atoms with Crippen LogP contribution in [0.15, 0.2) is 24.3 Å². The van der Waals surface area contributed by atoms with Crippen LogP contribution in [0.25, 0.3) is 0 Å². The topological polar surface area (TPSA) is 67.9 Å². The zero-order valence-corrected chi connectivity index (χ0v) is 11.7. The predicted molar refractivity (Wildman–Crippen MR) is 73.8 cm³/mol. The molecule has 1 N–H and O–H groups in total. The van der Waals surface area contributed by atoms with Crippen molar-refractivity contribution >= 4 is 29.3 Å². The highest BCUT2D eigenvalue weighted by molar-refractivity contribution is 6.30. The monoisotopic (exact) mass is 298 g/mol. The van der Waals surface area contributed by atoms with Gasteiger partial charge in [0.1, 0.15) is 0 Å². The fraction of sp³-hybridized carbons (Fsp3) is 0.385. The zero-order chi connectivity index (χ0) is 14.5. The molecule has 1 aromatic rings. The van der Waals surface area contributed by atoms with Crippen LogP contribution >= 0.6 is 11.6 Å². The maximum absolute atomic E-state index is 12.1. The molecule has 0 saturated carbocycles. The summed E-state index contributed by atoms with van der Waals surface area (Å²) >= 11 is 5.85. The molecule has 1 heterocycles. The van der Waals surface area contributed by atoms with Crippen molar-refractivity contribution < 1.29 is 19.1 Å². The molecule has 20 heavy (non-hydrogen) atoms. The molecule has 1 saturated heterocycles. The minimum atomic E-state index is -0.737. The van der Waals surface area contributed by atoms with Gasteiger partial charge in [0.2, 0.25) is 0 Å². The van der Waals surface area contributed by atoms with Gasteiger partial charge in [0.15, 0.2) is 6.10 Å². The van der Waals surface area contributed by atoms with Crippen molar-refractivity contribution in [3.63, 3.8) is 0 Å². The second kappa shape index (κ2) is 6.58. The molecule has 2 rings (SSSR count). The first-order valence-electron chi connectivity index (χ1n) is 6.11. The summed E-state index contributed by atoms with van der Waals surface area (Å²) in [5, 5.41) is 3.26. The van der Waals surface area contributed by atoms with Crippen LogP contribution in [0.5, 0.6) is 0 Å². The highest BCUT2D eigenvalue weighted by atomic mass is 35.5. The fourth-order valence-corrected chi connectivity index (χ4v) is 2.07. The normalized spacial score (nSPS) is 18.5. The summed E-state index contributed by atoms with van der Waals surface area (Å²) in [6, 6.07) is 6.55. The fourth-order valence-electron chi connectivity index (χ4n) is 1.88. The summed E-state index contributed by atoms with van der Waals surface area (Å²) < 4.78 is 9.88. The molecule has 0 radical (unpaired) electrons. The number of methoxy groups -OCH3 is 1. The number of nitrogens with zero attached hydrogens (tertiary/aromatic N) is 1. The first-order valence-corrected chi connectivity index (χ1v) is 6.49. The molecule has 2 amide bonds. The number of hydrogen-bond acceptors (Lipinski definition) is 4. The molecule has 0 aromatic heterocycles. The number of nitrogens with one attached hydrogen (secondary N) is 1. The Bertz CT molecular complexity index is 509. The van der Waals surface area contributed by atoms with E-state index < -0.39 is 12.1 Å². The van der Waals surface area contributed by atoms with Gasteiger partial charge in [0.05, 0.1) is 20.3 Å². The van der Waals surface area contributed by atoms with Crippen LogP contribution in [0.3, 0.4) is 0 Å². The van der Waals surface area contributed by atoms with Crippen molar-refractivity contribution in [3.8, 4) is 0 Å². The van der Waals surface area contributed by atoms with E-state index in [-0.39, 0.29) is 12.6 Å². The van der Waals surface area contributed by atoms with Gasteiger partial charge in [-0.15, -0.1) is 0 Å². The zero-order valence-electron chi connectivity index (χ0n) is 11.0. The molecular weight excluding hydrogens is 284 g/mol. The molecule has 7 heteroatoms. The lowest BCUT2D eigenvalue weighted by Gasteiger charge is -2.31. The summed E-state index contributed by atoms with van der Waals surface area (Å²) in [7, 11) is 1.29. The third-order valence-electron chi connectivity index (χ3n) is 2.89. The molecule has 1 aliphatic rings. The maximum atomic E-state index is 12.1. The number of carbonyl (C=O) groups excluding carboxylic acids is 2. The van der Waals surface area contributed by atoms with Crippen LogP contribution < -0.4 is 5.32 Å². The average molecular weight is 299 g/mol. The van der Waals surface area contributed by atoms with Crippen LogP contribution in [0, 0.1) is 0 Å². The molecule has 6 nitrogen and oxygen atoms in total. The van der Waals surface area contributed by atoms with E-state index in [4.69, 9.17) is 16.3 Å². The molecule has 1 fully saturated rings. The van der Waals surface area contributed by atoms with Crippen molar-refractivity contribution in [2.24, 2.45) is 0 Å².